The summed E-state index contributed by atoms with van der Waals surface area (Å²) in [7, 11) is -1.12. The van der Waals surface area contributed by atoms with E-state index in [1.807, 2.05) is 17.3 Å². The average molecular weight is 407 g/mol. The number of fused-ring (bicyclic) bond motifs is 1. The summed E-state index contributed by atoms with van der Waals surface area (Å²) in [5.74, 6) is 0.525. The number of nitrogens with zero attached hydrogens (tertiary/aromatic N) is 2. The number of sulfone groups is 1. The second-order valence-electron chi connectivity index (χ2n) is 6.82. The van der Waals surface area contributed by atoms with Gasteiger partial charge in [0.25, 0.3) is 5.56 Å². The Morgan fingerprint density at radius 3 is 2.74 bits per heavy atom. The summed E-state index contributed by atoms with van der Waals surface area (Å²) < 4.78 is 36.5. The van der Waals surface area contributed by atoms with Crippen molar-refractivity contribution in [2.75, 3.05) is 18.6 Å². The van der Waals surface area contributed by atoms with E-state index in [0.717, 1.165) is 11.1 Å². The van der Waals surface area contributed by atoms with Crippen LogP contribution < -0.4 is 5.56 Å². The Balaban J connectivity index is 1.63. The number of aromatic nitrogens is 2. The van der Waals surface area contributed by atoms with E-state index in [9.17, 15) is 17.6 Å². The average Bonchev–Trinajstić information content (AvgIpc) is 3.19. The molecule has 1 aromatic carbocycles. The molecule has 1 N–H and O–H groups in total. The van der Waals surface area contributed by atoms with E-state index < -0.39 is 9.84 Å². The van der Waals surface area contributed by atoms with Crippen LogP contribution in [0.4, 0.5) is 4.39 Å². The molecule has 1 fully saturated rings. The summed E-state index contributed by atoms with van der Waals surface area (Å²) in [6.07, 6.45) is 0.596. The molecular weight excluding hydrogens is 389 g/mol. The standard InChI is InChI=1S/C18H18FN3O3S2/c1-22(13-6-7-27(24,25)10-13)8-15-20-17(23)16-14(9-26-18(16)21-15)11-2-4-12(19)5-3-11/h2-5,9,13H,6-8,10H2,1H3,(H,20,21,23)/t13-/m1/s1. The summed E-state index contributed by atoms with van der Waals surface area (Å²) in [6, 6.07) is 5.93. The number of thiophene rings is 1. The topological polar surface area (TPSA) is 83.1 Å². The molecule has 3 heterocycles. The Morgan fingerprint density at radius 2 is 2.07 bits per heavy atom. The molecule has 0 radical (unpaired) electrons. The van der Waals surface area contributed by atoms with Gasteiger partial charge in [0.05, 0.1) is 23.4 Å². The molecule has 1 aliphatic rings. The number of aromatic amines is 1. The maximum atomic E-state index is 13.2. The fourth-order valence-electron chi connectivity index (χ4n) is 3.40. The molecule has 0 spiro atoms. The van der Waals surface area contributed by atoms with Gasteiger partial charge in [-0.2, -0.15) is 0 Å². The van der Waals surface area contributed by atoms with Gasteiger partial charge < -0.3 is 4.98 Å². The first-order valence-corrected chi connectivity index (χ1v) is 11.2. The quantitative estimate of drug-likeness (QED) is 0.718. The highest BCUT2D eigenvalue weighted by Gasteiger charge is 2.30. The number of H-pyrrole nitrogens is 1. The Morgan fingerprint density at radius 1 is 1.33 bits per heavy atom. The first-order valence-electron chi connectivity index (χ1n) is 8.49. The van der Waals surface area contributed by atoms with Crippen molar-refractivity contribution in [2.45, 2.75) is 19.0 Å². The first kappa shape index (κ1) is 18.3. The second kappa shape index (κ2) is 6.81. The van der Waals surface area contributed by atoms with E-state index >= 15 is 0 Å². The van der Waals surface area contributed by atoms with Crippen LogP contribution in [0.3, 0.4) is 0 Å². The first-order chi connectivity index (χ1) is 12.8. The lowest BCUT2D eigenvalue weighted by Gasteiger charge is -2.22. The van der Waals surface area contributed by atoms with E-state index in [1.54, 1.807) is 12.1 Å². The summed E-state index contributed by atoms with van der Waals surface area (Å²) in [5, 5.41) is 2.33. The number of rotatable bonds is 4. The normalized spacial score (nSPS) is 19.1. The van der Waals surface area contributed by atoms with Crippen LogP contribution in [0.1, 0.15) is 12.2 Å². The van der Waals surface area contributed by atoms with Crippen molar-refractivity contribution in [2.24, 2.45) is 0 Å². The highest BCUT2D eigenvalue weighted by molar-refractivity contribution is 7.91. The lowest BCUT2D eigenvalue weighted by Crippen LogP contribution is -2.33. The van der Waals surface area contributed by atoms with Crippen LogP contribution in [0.5, 0.6) is 0 Å². The van der Waals surface area contributed by atoms with E-state index in [2.05, 4.69) is 9.97 Å². The predicted octanol–water partition coefficient (Wildman–Crippen LogP) is 2.41. The Bertz CT molecular complexity index is 1150. The van der Waals surface area contributed by atoms with Crippen LogP contribution in [-0.2, 0) is 16.4 Å². The lowest BCUT2D eigenvalue weighted by atomic mass is 10.1. The molecule has 142 valence electrons. The molecule has 1 saturated heterocycles. The van der Waals surface area contributed by atoms with Crippen LogP contribution in [0.2, 0.25) is 0 Å². The summed E-state index contributed by atoms with van der Waals surface area (Å²) in [4.78, 5) is 22.5. The zero-order chi connectivity index (χ0) is 19.2. The van der Waals surface area contributed by atoms with Crippen LogP contribution in [0.25, 0.3) is 21.3 Å². The van der Waals surface area contributed by atoms with Gasteiger partial charge in [-0.15, -0.1) is 11.3 Å². The minimum absolute atomic E-state index is 0.0610. The van der Waals surface area contributed by atoms with Crippen LogP contribution >= 0.6 is 11.3 Å². The SMILES string of the molecule is CN(Cc1nc2scc(-c3ccc(F)cc3)c2c(=O)[nH]1)[C@@H]1CCS(=O)(=O)C1. The van der Waals surface area contributed by atoms with Crippen LogP contribution in [0.15, 0.2) is 34.4 Å². The Kier molecular flexibility index (Phi) is 4.61. The van der Waals surface area contributed by atoms with Gasteiger partial charge in [-0.1, -0.05) is 12.1 Å². The van der Waals surface area contributed by atoms with Gasteiger partial charge in [0.1, 0.15) is 16.5 Å². The van der Waals surface area contributed by atoms with Crippen molar-refractivity contribution in [3.8, 4) is 11.1 Å². The van der Waals surface area contributed by atoms with Gasteiger partial charge in [-0.25, -0.2) is 17.8 Å². The molecule has 1 atom stereocenters. The largest absolute Gasteiger partial charge is 0.309 e. The molecular formula is C18H18FN3O3S2. The third-order valence-corrected chi connectivity index (χ3v) is 7.50. The van der Waals surface area contributed by atoms with E-state index in [4.69, 9.17) is 0 Å². The molecule has 0 amide bonds. The molecule has 4 rings (SSSR count). The third kappa shape index (κ3) is 3.67. The van der Waals surface area contributed by atoms with Crippen molar-refractivity contribution >= 4 is 31.4 Å². The number of hydrogen-bond donors (Lipinski definition) is 1. The van der Waals surface area contributed by atoms with Crippen molar-refractivity contribution in [1.82, 2.24) is 14.9 Å². The molecule has 0 saturated carbocycles. The minimum atomic E-state index is -2.96. The van der Waals surface area contributed by atoms with E-state index in [0.29, 0.717) is 29.0 Å². The van der Waals surface area contributed by atoms with Gasteiger partial charge in [0.15, 0.2) is 9.84 Å². The molecule has 9 heteroatoms. The summed E-state index contributed by atoms with van der Waals surface area (Å²) in [5.41, 5.74) is 1.24. The lowest BCUT2D eigenvalue weighted by molar-refractivity contribution is 0.248. The fraction of sp³-hybridized carbons (Fsp3) is 0.333. The van der Waals surface area contributed by atoms with Crippen molar-refractivity contribution in [1.29, 1.82) is 0 Å². The highest BCUT2D eigenvalue weighted by Crippen LogP contribution is 2.31. The van der Waals surface area contributed by atoms with Crippen LogP contribution in [-0.4, -0.2) is 47.9 Å². The zero-order valence-electron chi connectivity index (χ0n) is 14.6. The maximum Gasteiger partial charge on any atom is 0.260 e. The van der Waals surface area contributed by atoms with Gasteiger partial charge in [0.2, 0.25) is 0 Å². The molecule has 0 unspecified atom stereocenters. The predicted molar refractivity (Wildman–Crippen MR) is 104 cm³/mol. The second-order valence-corrected chi connectivity index (χ2v) is 9.91. The Hall–Kier alpha value is -2.10. The maximum absolute atomic E-state index is 13.2. The molecule has 0 aliphatic carbocycles. The highest BCUT2D eigenvalue weighted by atomic mass is 32.2. The Labute approximate surface area is 159 Å². The van der Waals surface area contributed by atoms with E-state index in [1.165, 1.54) is 23.5 Å². The van der Waals surface area contributed by atoms with Gasteiger partial charge >= 0.3 is 0 Å². The van der Waals surface area contributed by atoms with Gasteiger partial charge in [-0.05, 0) is 31.2 Å². The monoisotopic (exact) mass is 407 g/mol. The molecule has 27 heavy (non-hydrogen) atoms. The van der Waals surface area contributed by atoms with Crippen molar-refractivity contribution in [3.05, 3.63) is 51.6 Å². The van der Waals surface area contributed by atoms with Gasteiger partial charge in [0, 0.05) is 17.0 Å². The molecule has 3 aromatic rings. The van der Waals surface area contributed by atoms with Crippen LogP contribution in [0, 0.1) is 5.82 Å². The van der Waals surface area contributed by atoms with E-state index in [-0.39, 0.29) is 28.9 Å². The number of nitrogens with one attached hydrogen (secondary N) is 1. The smallest absolute Gasteiger partial charge is 0.260 e. The van der Waals surface area contributed by atoms with Gasteiger partial charge in [-0.3, -0.25) is 9.69 Å². The number of benzene rings is 1. The summed E-state index contributed by atoms with van der Waals surface area (Å²) in [6.45, 7) is 0.370. The summed E-state index contributed by atoms with van der Waals surface area (Å²) >= 11 is 1.36. The fourth-order valence-corrected chi connectivity index (χ4v) is 6.17. The van der Waals surface area contributed by atoms with Crippen molar-refractivity contribution in [3.63, 3.8) is 0 Å². The molecule has 2 aromatic heterocycles. The third-order valence-electron chi connectivity index (χ3n) is 4.88. The minimum Gasteiger partial charge on any atom is -0.309 e. The zero-order valence-corrected chi connectivity index (χ0v) is 16.2. The molecule has 0 bridgehead atoms. The number of halogens is 1. The van der Waals surface area contributed by atoms with Crippen molar-refractivity contribution < 1.29 is 12.8 Å². The number of hydrogen-bond acceptors (Lipinski definition) is 6. The molecule has 1 aliphatic heterocycles. The molecule has 6 nitrogen and oxygen atoms in total.